The van der Waals surface area contributed by atoms with Crippen molar-refractivity contribution in [3.05, 3.63) is 0 Å². The Morgan fingerprint density at radius 1 is 1.00 bits per heavy atom. The summed E-state index contributed by atoms with van der Waals surface area (Å²) < 4.78 is 9.94. The first-order valence-electron chi connectivity index (χ1n) is 6.95. The number of rotatable bonds is 10. The monoisotopic (exact) mass is 258 g/mol. The van der Waals surface area contributed by atoms with Crippen molar-refractivity contribution >= 4 is 11.9 Å². The minimum absolute atomic E-state index is 0.419. The first-order chi connectivity index (χ1) is 8.61. The van der Waals surface area contributed by atoms with Crippen LogP contribution in [0.5, 0.6) is 0 Å². The van der Waals surface area contributed by atoms with E-state index >= 15 is 0 Å². The van der Waals surface area contributed by atoms with Crippen molar-refractivity contribution in [2.45, 2.75) is 71.8 Å². The second kappa shape index (κ2) is 11.1. The summed E-state index contributed by atoms with van der Waals surface area (Å²) in [5.74, 6) is -0.875. The normalized spacial score (nSPS) is 11.9. The molecule has 0 aliphatic rings. The summed E-state index contributed by atoms with van der Waals surface area (Å²) in [7, 11) is 0. The van der Waals surface area contributed by atoms with E-state index in [1.807, 2.05) is 0 Å². The standard InChI is InChI=1S/C14H26O4/c1-4-6-7-8-9-10-11-17-14(16)13(5-2)18-12(3)15/h13H,4-11H2,1-3H3/t13-/m1/s1. The Morgan fingerprint density at radius 2 is 1.61 bits per heavy atom. The highest BCUT2D eigenvalue weighted by molar-refractivity contribution is 5.78. The molecule has 0 bridgehead atoms. The molecule has 0 saturated carbocycles. The number of carbonyl (C=O) groups excluding carboxylic acids is 2. The average Bonchev–Trinajstić information content (AvgIpc) is 2.34. The van der Waals surface area contributed by atoms with Gasteiger partial charge in [0.1, 0.15) is 0 Å². The Labute approximate surface area is 110 Å². The molecule has 4 heteroatoms. The third kappa shape index (κ3) is 9.02. The molecule has 1 atom stereocenters. The van der Waals surface area contributed by atoms with E-state index in [1.54, 1.807) is 6.92 Å². The fourth-order valence-corrected chi connectivity index (χ4v) is 1.65. The highest BCUT2D eigenvalue weighted by Gasteiger charge is 2.20. The number of hydrogen-bond acceptors (Lipinski definition) is 4. The van der Waals surface area contributed by atoms with Crippen molar-refractivity contribution in [2.75, 3.05) is 6.61 Å². The SMILES string of the molecule is CCCCCCCCOC(=O)[C@@H](CC)OC(C)=O. The summed E-state index contributed by atoms with van der Waals surface area (Å²) in [5, 5.41) is 0. The highest BCUT2D eigenvalue weighted by atomic mass is 16.6. The summed E-state index contributed by atoms with van der Waals surface area (Å²) in [6.45, 7) is 5.69. The molecule has 0 N–H and O–H groups in total. The van der Waals surface area contributed by atoms with E-state index in [0.29, 0.717) is 13.0 Å². The van der Waals surface area contributed by atoms with E-state index < -0.39 is 18.0 Å². The predicted molar refractivity (Wildman–Crippen MR) is 70.2 cm³/mol. The molecule has 0 aromatic heterocycles. The number of hydrogen-bond donors (Lipinski definition) is 0. The molecule has 0 heterocycles. The van der Waals surface area contributed by atoms with Crippen LogP contribution in [-0.4, -0.2) is 24.6 Å². The third-order valence-corrected chi connectivity index (χ3v) is 2.68. The minimum Gasteiger partial charge on any atom is -0.463 e. The van der Waals surface area contributed by atoms with Gasteiger partial charge in [-0.05, 0) is 12.8 Å². The van der Waals surface area contributed by atoms with Gasteiger partial charge in [0.05, 0.1) is 6.61 Å². The predicted octanol–water partition coefficient (Wildman–Crippen LogP) is 3.23. The molecule has 106 valence electrons. The topological polar surface area (TPSA) is 52.6 Å². The maximum Gasteiger partial charge on any atom is 0.347 e. The lowest BCUT2D eigenvalue weighted by Crippen LogP contribution is -2.28. The molecule has 0 rings (SSSR count). The lowest BCUT2D eigenvalue weighted by Gasteiger charge is -2.13. The van der Waals surface area contributed by atoms with Crippen LogP contribution in [0.3, 0.4) is 0 Å². The summed E-state index contributed by atoms with van der Waals surface area (Å²) in [6, 6.07) is 0. The Morgan fingerprint density at radius 3 is 2.17 bits per heavy atom. The summed E-state index contributed by atoms with van der Waals surface area (Å²) in [6.07, 6.45) is 6.60. The molecule has 0 radical (unpaired) electrons. The van der Waals surface area contributed by atoms with Crippen molar-refractivity contribution in [3.8, 4) is 0 Å². The lowest BCUT2D eigenvalue weighted by atomic mass is 10.1. The summed E-state index contributed by atoms with van der Waals surface area (Å²) >= 11 is 0. The number of ether oxygens (including phenoxy) is 2. The van der Waals surface area contributed by atoms with Crippen LogP contribution in [0.15, 0.2) is 0 Å². The second-order valence-corrected chi connectivity index (χ2v) is 4.44. The van der Waals surface area contributed by atoms with Crippen molar-refractivity contribution in [2.24, 2.45) is 0 Å². The zero-order valence-electron chi connectivity index (χ0n) is 11.9. The van der Waals surface area contributed by atoms with Gasteiger partial charge in [0.25, 0.3) is 0 Å². The second-order valence-electron chi connectivity index (χ2n) is 4.44. The fourth-order valence-electron chi connectivity index (χ4n) is 1.65. The molecule has 0 unspecified atom stereocenters. The maximum absolute atomic E-state index is 11.5. The summed E-state index contributed by atoms with van der Waals surface area (Å²) in [4.78, 5) is 22.3. The van der Waals surface area contributed by atoms with Crippen molar-refractivity contribution < 1.29 is 19.1 Å². The molecule has 0 aliphatic carbocycles. The van der Waals surface area contributed by atoms with Crippen LogP contribution >= 0.6 is 0 Å². The Bertz CT molecular complexity index is 238. The number of esters is 2. The first-order valence-corrected chi connectivity index (χ1v) is 6.95. The molecule has 0 saturated heterocycles. The van der Waals surface area contributed by atoms with Gasteiger partial charge >= 0.3 is 11.9 Å². The van der Waals surface area contributed by atoms with Crippen molar-refractivity contribution in [1.82, 2.24) is 0 Å². The van der Waals surface area contributed by atoms with E-state index in [9.17, 15) is 9.59 Å². The molecule has 0 fully saturated rings. The molecule has 0 aromatic rings. The van der Waals surface area contributed by atoms with Gasteiger partial charge in [-0.25, -0.2) is 4.79 Å². The summed E-state index contributed by atoms with van der Waals surface area (Å²) in [5.41, 5.74) is 0. The van der Waals surface area contributed by atoms with Gasteiger partial charge in [-0.15, -0.1) is 0 Å². The number of unbranched alkanes of at least 4 members (excludes halogenated alkanes) is 5. The molecule has 0 spiro atoms. The Balaban J connectivity index is 3.59. The largest absolute Gasteiger partial charge is 0.463 e. The molecule has 0 amide bonds. The lowest BCUT2D eigenvalue weighted by molar-refractivity contribution is -0.166. The van der Waals surface area contributed by atoms with E-state index in [-0.39, 0.29) is 0 Å². The van der Waals surface area contributed by atoms with Crippen LogP contribution in [0.1, 0.15) is 65.7 Å². The minimum atomic E-state index is -0.748. The smallest absolute Gasteiger partial charge is 0.347 e. The fraction of sp³-hybridized carbons (Fsp3) is 0.857. The van der Waals surface area contributed by atoms with Gasteiger partial charge in [-0.2, -0.15) is 0 Å². The van der Waals surface area contributed by atoms with Crippen molar-refractivity contribution in [1.29, 1.82) is 0 Å². The van der Waals surface area contributed by atoms with Crippen LogP contribution in [-0.2, 0) is 19.1 Å². The van der Waals surface area contributed by atoms with Gasteiger partial charge in [-0.1, -0.05) is 46.0 Å². The van der Waals surface area contributed by atoms with Gasteiger partial charge < -0.3 is 9.47 Å². The van der Waals surface area contributed by atoms with Crippen LogP contribution in [0.4, 0.5) is 0 Å². The van der Waals surface area contributed by atoms with Crippen molar-refractivity contribution in [3.63, 3.8) is 0 Å². The van der Waals surface area contributed by atoms with Gasteiger partial charge in [-0.3, -0.25) is 4.79 Å². The van der Waals surface area contributed by atoms with E-state index in [4.69, 9.17) is 9.47 Å². The van der Waals surface area contributed by atoms with Gasteiger partial charge in [0.2, 0.25) is 0 Å². The Hall–Kier alpha value is -1.06. The molecule has 4 nitrogen and oxygen atoms in total. The van der Waals surface area contributed by atoms with E-state index in [1.165, 1.54) is 32.6 Å². The first kappa shape index (κ1) is 16.9. The molecule has 0 aromatic carbocycles. The number of carbonyl (C=O) groups is 2. The zero-order chi connectivity index (χ0) is 13.8. The molecular formula is C14H26O4. The molecule has 18 heavy (non-hydrogen) atoms. The third-order valence-electron chi connectivity index (χ3n) is 2.68. The van der Waals surface area contributed by atoms with E-state index in [0.717, 1.165) is 12.8 Å². The van der Waals surface area contributed by atoms with Gasteiger partial charge in [0.15, 0.2) is 6.10 Å². The molecular weight excluding hydrogens is 232 g/mol. The Kier molecular flexibility index (Phi) is 10.4. The maximum atomic E-state index is 11.5. The van der Waals surface area contributed by atoms with Crippen LogP contribution < -0.4 is 0 Å². The van der Waals surface area contributed by atoms with Gasteiger partial charge in [0, 0.05) is 6.92 Å². The van der Waals surface area contributed by atoms with Crippen LogP contribution in [0, 0.1) is 0 Å². The van der Waals surface area contributed by atoms with E-state index in [2.05, 4.69) is 6.92 Å². The average molecular weight is 258 g/mol. The quantitative estimate of drug-likeness (QED) is 0.446. The molecule has 0 aliphatic heterocycles. The van der Waals surface area contributed by atoms with Crippen LogP contribution in [0.2, 0.25) is 0 Å². The zero-order valence-corrected chi connectivity index (χ0v) is 11.9. The van der Waals surface area contributed by atoms with Crippen LogP contribution in [0.25, 0.3) is 0 Å². The highest BCUT2D eigenvalue weighted by Crippen LogP contribution is 2.06.